The van der Waals surface area contributed by atoms with Gasteiger partial charge in [-0.15, -0.1) is 0 Å². The maximum atomic E-state index is 11.4. The van der Waals surface area contributed by atoms with E-state index in [1.165, 1.54) is 0 Å². The summed E-state index contributed by atoms with van der Waals surface area (Å²) in [4.78, 5) is 19.1. The summed E-state index contributed by atoms with van der Waals surface area (Å²) in [5.41, 5.74) is 9.03. The lowest BCUT2D eigenvalue weighted by molar-refractivity contribution is 0.100. The summed E-state index contributed by atoms with van der Waals surface area (Å²) in [7, 11) is 1.63. The van der Waals surface area contributed by atoms with Crippen molar-refractivity contribution in [1.29, 1.82) is 0 Å². The number of hydrogen-bond donors (Lipinski definition) is 3. The minimum atomic E-state index is -0.481. The summed E-state index contributed by atoms with van der Waals surface area (Å²) in [6.45, 7) is 0. The number of nitrogens with two attached hydrogens (primary N) is 1. The Morgan fingerprint density at radius 3 is 2.88 bits per heavy atom. The number of aromatic nitrogens is 4. The SMILES string of the molecule is COc1cccc(-c2cnc(-c3n[nH]c4ccc(C(N)=O)cc34)[nH]2)c1. The number of hydrogen-bond acceptors (Lipinski definition) is 4. The Balaban J connectivity index is 1.78. The van der Waals surface area contributed by atoms with Crippen LogP contribution in [0.2, 0.25) is 0 Å². The number of aromatic amines is 2. The van der Waals surface area contributed by atoms with Gasteiger partial charge in [0.2, 0.25) is 5.91 Å². The van der Waals surface area contributed by atoms with Gasteiger partial charge in [-0.2, -0.15) is 5.10 Å². The second-order valence-electron chi connectivity index (χ2n) is 5.57. The minimum absolute atomic E-state index is 0.426. The molecule has 0 fully saturated rings. The van der Waals surface area contributed by atoms with Gasteiger partial charge < -0.3 is 15.5 Å². The van der Waals surface area contributed by atoms with Crippen LogP contribution in [0, 0.1) is 0 Å². The molecule has 4 rings (SSSR count). The Morgan fingerprint density at radius 1 is 1.20 bits per heavy atom. The number of amides is 1. The van der Waals surface area contributed by atoms with Crippen LogP contribution in [0.3, 0.4) is 0 Å². The molecule has 0 radical (unpaired) electrons. The molecule has 4 aromatic rings. The van der Waals surface area contributed by atoms with Gasteiger partial charge in [-0.25, -0.2) is 4.98 Å². The first-order valence-corrected chi connectivity index (χ1v) is 7.63. The Morgan fingerprint density at radius 2 is 2.08 bits per heavy atom. The summed E-state index contributed by atoms with van der Waals surface area (Å²) >= 11 is 0. The van der Waals surface area contributed by atoms with Crippen LogP contribution in [0.25, 0.3) is 33.7 Å². The zero-order valence-electron chi connectivity index (χ0n) is 13.4. The number of imidazole rings is 1. The van der Waals surface area contributed by atoms with E-state index in [-0.39, 0.29) is 0 Å². The van der Waals surface area contributed by atoms with E-state index in [1.54, 1.807) is 31.5 Å². The third-order valence-electron chi connectivity index (χ3n) is 4.03. The molecule has 2 heterocycles. The number of rotatable bonds is 4. The molecule has 4 N–H and O–H groups in total. The second kappa shape index (κ2) is 5.79. The van der Waals surface area contributed by atoms with Crippen LogP contribution in [-0.2, 0) is 0 Å². The number of fused-ring (bicyclic) bond motifs is 1. The summed E-state index contributed by atoms with van der Waals surface area (Å²) < 4.78 is 5.25. The molecule has 1 amide bonds. The maximum Gasteiger partial charge on any atom is 0.248 e. The molecule has 0 spiro atoms. The number of nitrogens with zero attached hydrogens (tertiary/aromatic N) is 2. The summed E-state index contributed by atoms with van der Waals surface area (Å²) in [5.74, 6) is 0.890. The van der Waals surface area contributed by atoms with Crippen LogP contribution < -0.4 is 10.5 Å². The smallest absolute Gasteiger partial charge is 0.248 e. The van der Waals surface area contributed by atoms with Gasteiger partial charge in [-0.3, -0.25) is 9.89 Å². The van der Waals surface area contributed by atoms with Gasteiger partial charge in [0.05, 0.1) is 24.5 Å². The maximum absolute atomic E-state index is 11.4. The molecule has 0 saturated carbocycles. The van der Waals surface area contributed by atoms with E-state index < -0.39 is 5.91 Å². The fourth-order valence-electron chi connectivity index (χ4n) is 2.73. The summed E-state index contributed by atoms with van der Waals surface area (Å²) in [5, 5.41) is 8.03. The molecule has 0 aliphatic rings. The molecule has 0 aliphatic heterocycles. The molecule has 124 valence electrons. The van der Waals surface area contributed by atoms with Gasteiger partial charge >= 0.3 is 0 Å². The van der Waals surface area contributed by atoms with Crippen LogP contribution in [0.5, 0.6) is 5.75 Å². The fourth-order valence-corrected chi connectivity index (χ4v) is 2.73. The molecule has 7 nitrogen and oxygen atoms in total. The molecule has 0 atom stereocenters. The number of H-pyrrole nitrogens is 2. The van der Waals surface area contributed by atoms with Gasteiger partial charge in [0, 0.05) is 16.5 Å². The normalized spacial score (nSPS) is 10.9. The number of ether oxygens (including phenoxy) is 1. The van der Waals surface area contributed by atoms with Crippen LogP contribution in [0.4, 0.5) is 0 Å². The summed E-state index contributed by atoms with van der Waals surface area (Å²) in [6, 6.07) is 12.8. The quantitative estimate of drug-likeness (QED) is 0.533. The fraction of sp³-hybridized carbons (Fsp3) is 0.0556. The zero-order chi connectivity index (χ0) is 17.4. The van der Waals surface area contributed by atoms with E-state index >= 15 is 0 Å². The first-order valence-electron chi connectivity index (χ1n) is 7.63. The highest BCUT2D eigenvalue weighted by atomic mass is 16.5. The Bertz CT molecular complexity index is 1080. The van der Waals surface area contributed by atoms with Crippen molar-refractivity contribution in [3.8, 4) is 28.5 Å². The van der Waals surface area contributed by atoms with Crippen molar-refractivity contribution in [2.45, 2.75) is 0 Å². The third kappa shape index (κ3) is 2.61. The molecule has 0 aliphatic carbocycles. The lowest BCUT2D eigenvalue weighted by Crippen LogP contribution is -2.10. The van der Waals surface area contributed by atoms with Crippen molar-refractivity contribution >= 4 is 16.8 Å². The first-order chi connectivity index (χ1) is 12.2. The Kier molecular flexibility index (Phi) is 3.46. The lowest BCUT2D eigenvalue weighted by atomic mass is 10.1. The van der Waals surface area contributed by atoms with E-state index in [1.807, 2.05) is 24.3 Å². The van der Waals surface area contributed by atoms with Gasteiger partial charge in [0.25, 0.3) is 0 Å². The van der Waals surface area contributed by atoms with Crippen molar-refractivity contribution < 1.29 is 9.53 Å². The van der Waals surface area contributed by atoms with E-state index in [0.717, 1.165) is 27.9 Å². The standard InChI is InChI=1S/C18H15N5O2/c1-25-12-4-2-3-10(7-12)15-9-20-18(21-15)16-13-8-11(17(19)24)5-6-14(13)22-23-16/h2-9H,1H3,(H2,19,24)(H,20,21)(H,22,23). The minimum Gasteiger partial charge on any atom is -0.497 e. The first kappa shape index (κ1) is 14.9. The van der Waals surface area contributed by atoms with E-state index in [0.29, 0.717) is 17.1 Å². The van der Waals surface area contributed by atoms with E-state index in [2.05, 4.69) is 20.2 Å². The van der Waals surface area contributed by atoms with Crippen molar-refractivity contribution in [2.75, 3.05) is 7.11 Å². The average molecular weight is 333 g/mol. The molecular weight excluding hydrogens is 318 g/mol. The lowest BCUT2D eigenvalue weighted by Gasteiger charge is -2.02. The van der Waals surface area contributed by atoms with Crippen molar-refractivity contribution in [1.82, 2.24) is 20.2 Å². The van der Waals surface area contributed by atoms with Crippen molar-refractivity contribution in [2.24, 2.45) is 5.73 Å². The number of methoxy groups -OCH3 is 1. The highest BCUT2D eigenvalue weighted by Gasteiger charge is 2.14. The van der Waals surface area contributed by atoms with Crippen LogP contribution >= 0.6 is 0 Å². The summed E-state index contributed by atoms with van der Waals surface area (Å²) in [6.07, 6.45) is 1.74. The highest BCUT2D eigenvalue weighted by molar-refractivity contribution is 6.00. The van der Waals surface area contributed by atoms with Crippen LogP contribution in [0.1, 0.15) is 10.4 Å². The molecule has 0 unspecified atom stereocenters. The van der Waals surface area contributed by atoms with Gasteiger partial charge in [0.1, 0.15) is 11.4 Å². The predicted molar refractivity (Wildman–Crippen MR) is 94.2 cm³/mol. The van der Waals surface area contributed by atoms with E-state index in [4.69, 9.17) is 10.5 Å². The molecule has 0 bridgehead atoms. The number of primary amides is 1. The number of carbonyl (C=O) groups is 1. The predicted octanol–water partition coefficient (Wildman–Crippen LogP) is 2.73. The molecular formula is C18H15N5O2. The van der Waals surface area contributed by atoms with Crippen LogP contribution in [0.15, 0.2) is 48.7 Å². The molecule has 25 heavy (non-hydrogen) atoms. The molecule has 2 aromatic heterocycles. The Labute approximate surface area is 142 Å². The monoisotopic (exact) mass is 333 g/mol. The van der Waals surface area contributed by atoms with Gasteiger partial charge in [-0.1, -0.05) is 12.1 Å². The van der Waals surface area contributed by atoms with Crippen molar-refractivity contribution in [3.63, 3.8) is 0 Å². The second-order valence-corrected chi connectivity index (χ2v) is 5.57. The third-order valence-corrected chi connectivity index (χ3v) is 4.03. The molecule has 0 saturated heterocycles. The van der Waals surface area contributed by atoms with Gasteiger partial charge in [-0.05, 0) is 30.3 Å². The van der Waals surface area contributed by atoms with Gasteiger partial charge in [0.15, 0.2) is 5.82 Å². The number of benzene rings is 2. The van der Waals surface area contributed by atoms with Crippen LogP contribution in [-0.4, -0.2) is 33.2 Å². The average Bonchev–Trinajstić information content (AvgIpc) is 3.27. The highest BCUT2D eigenvalue weighted by Crippen LogP contribution is 2.28. The largest absolute Gasteiger partial charge is 0.497 e. The number of nitrogens with one attached hydrogen (secondary N) is 2. The van der Waals surface area contributed by atoms with E-state index in [9.17, 15) is 4.79 Å². The topological polar surface area (TPSA) is 110 Å². The zero-order valence-corrected chi connectivity index (χ0v) is 13.4. The molecule has 7 heteroatoms. The number of carbonyl (C=O) groups excluding carboxylic acids is 1. The molecule has 2 aromatic carbocycles. The van der Waals surface area contributed by atoms with Crippen molar-refractivity contribution in [3.05, 3.63) is 54.2 Å². The Hall–Kier alpha value is -3.61.